The van der Waals surface area contributed by atoms with Crippen molar-refractivity contribution in [2.24, 2.45) is 4.99 Å². The van der Waals surface area contributed by atoms with E-state index in [1.54, 1.807) is 31.4 Å². The maximum absolute atomic E-state index is 12.2. The molecule has 1 atom stereocenters. The number of nitrogens with zero attached hydrogens (tertiary/aromatic N) is 2. The van der Waals surface area contributed by atoms with E-state index in [0.29, 0.717) is 5.69 Å². The third-order valence-corrected chi connectivity index (χ3v) is 5.31. The van der Waals surface area contributed by atoms with Crippen LogP contribution in [0.3, 0.4) is 0 Å². The van der Waals surface area contributed by atoms with Crippen molar-refractivity contribution < 1.29 is 14.3 Å². The molecule has 0 radical (unpaired) electrons. The molecule has 6 nitrogen and oxygen atoms in total. The van der Waals surface area contributed by atoms with Gasteiger partial charge in [0.15, 0.2) is 5.17 Å². The molecule has 2 aliphatic rings. The van der Waals surface area contributed by atoms with Crippen LogP contribution in [0.2, 0.25) is 0 Å². The van der Waals surface area contributed by atoms with Gasteiger partial charge in [0.2, 0.25) is 5.91 Å². The van der Waals surface area contributed by atoms with E-state index in [4.69, 9.17) is 4.74 Å². The van der Waals surface area contributed by atoms with Crippen LogP contribution in [0.4, 0.5) is 5.69 Å². The van der Waals surface area contributed by atoms with Gasteiger partial charge in [0.05, 0.1) is 7.11 Å². The fraction of sp³-hybridized carbons (Fsp3) is 0.471. The summed E-state index contributed by atoms with van der Waals surface area (Å²) in [6.07, 6.45) is 3.64. The van der Waals surface area contributed by atoms with Crippen molar-refractivity contribution in [3.8, 4) is 5.75 Å². The van der Waals surface area contributed by atoms with Crippen molar-refractivity contribution in [2.75, 3.05) is 25.5 Å². The van der Waals surface area contributed by atoms with Gasteiger partial charge in [-0.25, -0.2) is 0 Å². The molecule has 1 fully saturated rings. The minimum Gasteiger partial charge on any atom is -0.497 e. The van der Waals surface area contributed by atoms with Crippen molar-refractivity contribution in [3.63, 3.8) is 0 Å². The van der Waals surface area contributed by atoms with Crippen LogP contribution < -0.4 is 10.1 Å². The number of amides is 2. The standard InChI is InChI=1S/C17H21N3O3S/c1-23-13-7-5-12(6-8-13)18-15(21)11-14-16(22)19-17(24-14)20-9-3-2-4-10-20/h5-8,14H,2-4,9-11H2,1H3,(H,18,21)/t14-/m1/s1. The summed E-state index contributed by atoms with van der Waals surface area (Å²) in [5.41, 5.74) is 0.688. The lowest BCUT2D eigenvalue weighted by molar-refractivity contribution is -0.121. The van der Waals surface area contributed by atoms with Gasteiger partial charge in [-0.1, -0.05) is 11.8 Å². The molecule has 0 saturated carbocycles. The highest BCUT2D eigenvalue weighted by molar-refractivity contribution is 8.15. The number of piperidine rings is 1. The minimum atomic E-state index is -0.417. The number of likely N-dealkylation sites (tertiary alicyclic amines) is 1. The zero-order valence-electron chi connectivity index (χ0n) is 13.7. The quantitative estimate of drug-likeness (QED) is 0.906. The van der Waals surface area contributed by atoms with Crippen LogP contribution in [0.15, 0.2) is 29.3 Å². The molecular weight excluding hydrogens is 326 g/mol. The topological polar surface area (TPSA) is 71.0 Å². The average Bonchev–Trinajstić information content (AvgIpc) is 2.97. The fourth-order valence-electron chi connectivity index (χ4n) is 2.78. The minimum absolute atomic E-state index is 0.135. The number of carbonyl (C=O) groups excluding carboxylic acids is 2. The van der Waals surface area contributed by atoms with Crippen LogP contribution in [0.5, 0.6) is 5.75 Å². The van der Waals surface area contributed by atoms with Gasteiger partial charge in [-0.3, -0.25) is 9.59 Å². The highest BCUT2D eigenvalue weighted by atomic mass is 32.2. The van der Waals surface area contributed by atoms with Crippen LogP contribution in [-0.4, -0.2) is 47.3 Å². The van der Waals surface area contributed by atoms with E-state index in [9.17, 15) is 9.59 Å². The number of amidine groups is 1. The Balaban J connectivity index is 1.52. The summed E-state index contributed by atoms with van der Waals surface area (Å²) in [5.74, 6) is 0.348. The predicted octanol–water partition coefficient (Wildman–Crippen LogP) is 2.51. The Morgan fingerprint density at radius 1 is 1.29 bits per heavy atom. The lowest BCUT2D eigenvalue weighted by Gasteiger charge is -2.27. The second kappa shape index (κ2) is 7.70. The fourth-order valence-corrected chi connectivity index (χ4v) is 3.90. The smallest absolute Gasteiger partial charge is 0.262 e. The average molecular weight is 347 g/mol. The van der Waals surface area contributed by atoms with E-state index in [2.05, 4.69) is 15.2 Å². The van der Waals surface area contributed by atoms with Crippen molar-refractivity contribution in [1.82, 2.24) is 4.90 Å². The maximum atomic E-state index is 12.2. The zero-order chi connectivity index (χ0) is 16.9. The summed E-state index contributed by atoms with van der Waals surface area (Å²) in [6.45, 7) is 1.90. The maximum Gasteiger partial charge on any atom is 0.262 e. The molecule has 1 saturated heterocycles. The van der Waals surface area contributed by atoms with Gasteiger partial charge in [-0.15, -0.1) is 0 Å². The number of hydrogen-bond acceptors (Lipinski definition) is 5. The summed E-state index contributed by atoms with van der Waals surface area (Å²) in [4.78, 5) is 30.6. The van der Waals surface area contributed by atoms with Gasteiger partial charge >= 0.3 is 0 Å². The number of carbonyl (C=O) groups is 2. The summed E-state index contributed by atoms with van der Waals surface area (Å²) in [5, 5.41) is 3.17. The lowest BCUT2D eigenvalue weighted by Crippen LogP contribution is -2.33. The molecule has 1 aromatic carbocycles. The summed E-state index contributed by atoms with van der Waals surface area (Å²) < 4.78 is 5.08. The first-order valence-electron chi connectivity index (χ1n) is 8.14. The highest BCUT2D eigenvalue weighted by Crippen LogP contribution is 2.29. The Hall–Kier alpha value is -2.02. The Morgan fingerprint density at radius 3 is 2.67 bits per heavy atom. The first kappa shape index (κ1) is 16.8. The van der Waals surface area contributed by atoms with Gasteiger partial charge in [-0.2, -0.15) is 4.99 Å². The monoisotopic (exact) mass is 347 g/mol. The number of nitrogens with one attached hydrogen (secondary N) is 1. The summed E-state index contributed by atoms with van der Waals surface area (Å²) in [7, 11) is 1.59. The number of benzene rings is 1. The van der Waals surface area contributed by atoms with Crippen LogP contribution in [0.1, 0.15) is 25.7 Å². The van der Waals surface area contributed by atoms with E-state index in [1.165, 1.54) is 18.2 Å². The Morgan fingerprint density at radius 2 is 2.00 bits per heavy atom. The number of rotatable bonds is 4. The van der Waals surface area contributed by atoms with E-state index in [0.717, 1.165) is 36.8 Å². The van der Waals surface area contributed by atoms with Crippen LogP contribution in [0.25, 0.3) is 0 Å². The van der Waals surface area contributed by atoms with Gasteiger partial charge in [0.25, 0.3) is 5.91 Å². The largest absolute Gasteiger partial charge is 0.497 e. The molecule has 0 spiro atoms. The molecule has 0 bridgehead atoms. The van der Waals surface area contributed by atoms with E-state index >= 15 is 0 Å². The molecule has 7 heteroatoms. The van der Waals surface area contributed by atoms with Gasteiger partial charge < -0.3 is 15.0 Å². The third kappa shape index (κ3) is 4.08. The second-order valence-electron chi connectivity index (χ2n) is 5.87. The number of anilines is 1. The molecule has 1 aromatic rings. The molecule has 0 aliphatic carbocycles. The van der Waals surface area contributed by atoms with Crippen LogP contribution in [0, 0.1) is 0 Å². The third-order valence-electron chi connectivity index (χ3n) is 4.10. The van der Waals surface area contributed by atoms with Crippen molar-refractivity contribution in [3.05, 3.63) is 24.3 Å². The van der Waals surface area contributed by atoms with Crippen molar-refractivity contribution >= 4 is 34.4 Å². The lowest BCUT2D eigenvalue weighted by atomic mass is 10.1. The number of hydrogen-bond donors (Lipinski definition) is 1. The van der Waals surface area contributed by atoms with E-state index in [1.807, 2.05) is 0 Å². The van der Waals surface area contributed by atoms with E-state index in [-0.39, 0.29) is 18.2 Å². The number of aliphatic imine (C=N–C) groups is 1. The highest BCUT2D eigenvalue weighted by Gasteiger charge is 2.33. The first-order chi connectivity index (χ1) is 11.7. The Kier molecular flexibility index (Phi) is 5.40. The second-order valence-corrected chi connectivity index (χ2v) is 7.04. The molecule has 2 heterocycles. The molecule has 0 unspecified atom stereocenters. The van der Waals surface area contributed by atoms with E-state index < -0.39 is 5.25 Å². The molecule has 2 aliphatic heterocycles. The normalized spacial score (nSPS) is 20.7. The van der Waals surface area contributed by atoms with Gasteiger partial charge in [0.1, 0.15) is 11.0 Å². The van der Waals surface area contributed by atoms with Crippen molar-refractivity contribution in [2.45, 2.75) is 30.9 Å². The molecule has 128 valence electrons. The molecule has 24 heavy (non-hydrogen) atoms. The summed E-state index contributed by atoms with van der Waals surface area (Å²) >= 11 is 1.42. The molecule has 0 aromatic heterocycles. The Labute approximate surface area is 145 Å². The Bertz CT molecular complexity index is 639. The predicted molar refractivity (Wildman–Crippen MR) is 95.5 cm³/mol. The van der Waals surface area contributed by atoms with Crippen LogP contribution >= 0.6 is 11.8 Å². The van der Waals surface area contributed by atoms with Crippen LogP contribution in [-0.2, 0) is 9.59 Å². The van der Waals surface area contributed by atoms with Gasteiger partial charge in [-0.05, 0) is 43.5 Å². The molecule has 2 amide bonds. The molecular formula is C17H21N3O3S. The number of methoxy groups -OCH3 is 1. The number of thioether (sulfide) groups is 1. The number of ether oxygens (including phenoxy) is 1. The molecule has 3 rings (SSSR count). The first-order valence-corrected chi connectivity index (χ1v) is 9.02. The summed E-state index contributed by atoms with van der Waals surface area (Å²) in [6, 6.07) is 7.11. The molecule has 1 N–H and O–H groups in total. The zero-order valence-corrected chi connectivity index (χ0v) is 14.5. The van der Waals surface area contributed by atoms with Gasteiger partial charge in [0, 0.05) is 25.2 Å². The SMILES string of the molecule is COc1ccc(NC(=O)C[C@H]2SC(N3CCCCC3)=NC2=O)cc1. The van der Waals surface area contributed by atoms with Crippen molar-refractivity contribution in [1.29, 1.82) is 0 Å².